The number of esters is 2. The molecule has 0 radical (unpaired) electrons. The van der Waals surface area contributed by atoms with Crippen molar-refractivity contribution in [2.24, 2.45) is 10.9 Å². The smallest absolute Gasteiger partial charge is 0.338 e. The van der Waals surface area contributed by atoms with Gasteiger partial charge in [0, 0.05) is 0 Å². The molecular weight excluding hydrogens is 492 g/mol. The largest absolute Gasteiger partial charge is 0.497 e. The van der Waals surface area contributed by atoms with E-state index in [4.69, 9.17) is 14.2 Å². The average molecular weight is 521 g/mol. The Labute approximate surface area is 218 Å². The van der Waals surface area contributed by atoms with E-state index >= 15 is 0 Å². The van der Waals surface area contributed by atoms with Crippen LogP contribution in [-0.2, 0) is 14.3 Å². The molecule has 0 saturated heterocycles. The van der Waals surface area contributed by atoms with Gasteiger partial charge in [0.2, 0.25) is 0 Å². The SMILES string of the molecule is COC(=O)c1ccc(C2C(C(=O)OCC(C)C)=C(C)N=c3sc(=Cc4cccc(OC)c4)c(=O)n32)cc1. The third kappa shape index (κ3) is 5.41. The zero-order valence-electron chi connectivity index (χ0n) is 21.3. The summed E-state index contributed by atoms with van der Waals surface area (Å²) in [4.78, 5) is 44.0. The van der Waals surface area contributed by atoms with Gasteiger partial charge in [-0.1, -0.05) is 49.4 Å². The van der Waals surface area contributed by atoms with E-state index in [0.29, 0.717) is 31.9 Å². The lowest BCUT2D eigenvalue weighted by Gasteiger charge is -2.25. The van der Waals surface area contributed by atoms with Crippen LogP contribution in [-0.4, -0.2) is 37.3 Å². The van der Waals surface area contributed by atoms with E-state index in [1.165, 1.54) is 23.0 Å². The van der Waals surface area contributed by atoms with Crippen molar-refractivity contribution in [3.8, 4) is 5.75 Å². The predicted octanol–water partition coefficient (Wildman–Crippen LogP) is 3.23. The number of benzene rings is 2. The Morgan fingerprint density at radius 2 is 1.84 bits per heavy atom. The summed E-state index contributed by atoms with van der Waals surface area (Å²) in [6.45, 7) is 5.88. The van der Waals surface area contributed by atoms with Crippen LogP contribution in [0.1, 0.15) is 48.3 Å². The van der Waals surface area contributed by atoms with Gasteiger partial charge in [-0.15, -0.1) is 0 Å². The van der Waals surface area contributed by atoms with E-state index in [1.54, 1.807) is 44.4 Å². The van der Waals surface area contributed by atoms with Crippen molar-refractivity contribution in [2.75, 3.05) is 20.8 Å². The minimum absolute atomic E-state index is 0.145. The summed E-state index contributed by atoms with van der Waals surface area (Å²) in [5, 5.41) is 0. The van der Waals surface area contributed by atoms with Crippen LogP contribution in [0.4, 0.5) is 0 Å². The highest BCUT2D eigenvalue weighted by molar-refractivity contribution is 7.07. The molecule has 0 amide bonds. The van der Waals surface area contributed by atoms with Crippen molar-refractivity contribution < 1.29 is 23.8 Å². The van der Waals surface area contributed by atoms with Gasteiger partial charge in [-0.2, -0.15) is 0 Å². The monoisotopic (exact) mass is 520 g/mol. The van der Waals surface area contributed by atoms with E-state index in [9.17, 15) is 14.4 Å². The van der Waals surface area contributed by atoms with Crippen molar-refractivity contribution >= 4 is 29.4 Å². The molecule has 0 aliphatic carbocycles. The third-order valence-corrected chi connectivity index (χ3v) is 6.81. The highest BCUT2D eigenvalue weighted by Gasteiger charge is 2.33. The van der Waals surface area contributed by atoms with Crippen molar-refractivity contribution in [2.45, 2.75) is 26.8 Å². The third-order valence-electron chi connectivity index (χ3n) is 5.83. The molecule has 1 aromatic heterocycles. The zero-order chi connectivity index (χ0) is 26.7. The van der Waals surface area contributed by atoms with Gasteiger partial charge < -0.3 is 14.2 Å². The van der Waals surface area contributed by atoms with Crippen LogP contribution in [0, 0.1) is 5.92 Å². The first kappa shape index (κ1) is 26.1. The Morgan fingerprint density at radius 1 is 1.11 bits per heavy atom. The topological polar surface area (TPSA) is 96.2 Å². The zero-order valence-corrected chi connectivity index (χ0v) is 22.1. The minimum atomic E-state index is -0.768. The van der Waals surface area contributed by atoms with Gasteiger partial charge in [0.15, 0.2) is 4.80 Å². The van der Waals surface area contributed by atoms with Crippen LogP contribution in [0.2, 0.25) is 0 Å². The summed E-state index contributed by atoms with van der Waals surface area (Å²) >= 11 is 1.24. The maximum atomic E-state index is 13.7. The van der Waals surface area contributed by atoms with Gasteiger partial charge in [0.25, 0.3) is 5.56 Å². The lowest BCUT2D eigenvalue weighted by molar-refractivity contribution is -0.140. The van der Waals surface area contributed by atoms with Crippen molar-refractivity contribution in [1.82, 2.24) is 4.57 Å². The molecule has 1 aliphatic heterocycles. The fourth-order valence-electron chi connectivity index (χ4n) is 4.02. The lowest BCUT2D eigenvalue weighted by atomic mass is 9.95. The number of allylic oxidation sites excluding steroid dienone is 1. The molecule has 2 aromatic carbocycles. The first-order chi connectivity index (χ1) is 17.7. The maximum Gasteiger partial charge on any atom is 0.338 e. The fourth-order valence-corrected chi connectivity index (χ4v) is 5.07. The number of thiazole rings is 1. The second kappa shape index (κ2) is 11.0. The van der Waals surface area contributed by atoms with E-state index in [0.717, 1.165) is 5.56 Å². The van der Waals surface area contributed by atoms with Crippen LogP contribution in [0.15, 0.2) is 69.6 Å². The Kier molecular flexibility index (Phi) is 7.73. The predicted molar refractivity (Wildman–Crippen MR) is 140 cm³/mol. The Bertz CT molecular complexity index is 1550. The van der Waals surface area contributed by atoms with Gasteiger partial charge in [0.1, 0.15) is 5.75 Å². The molecule has 192 valence electrons. The van der Waals surface area contributed by atoms with E-state index in [2.05, 4.69) is 4.99 Å². The van der Waals surface area contributed by atoms with Crippen molar-refractivity contribution in [1.29, 1.82) is 0 Å². The molecule has 3 aromatic rings. The molecule has 0 fully saturated rings. The van der Waals surface area contributed by atoms with Gasteiger partial charge in [-0.25, -0.2) is 14.6 Å². The molecule has 4 rings (SSSR count). The molecule has 0 N–H and O–H groups in total. The first-order valence-corrected chi connectivity index (χ1v) is 12.6. The van der Waals surface area contributed by atoms with Gasteiger partial charge >= 0.3 is 11.9 Å². The molecule has 8 nitrogen and oxygen atoms in total. The summed E-state index contributed by atoms with van der Waals surface area (Å²) < 4.78 is 17.6. The number of carbonyl (C=O) groups is 2. The molecule has 9 heteroatoms. The van der Waals surface area contributed by atoms with Crippen molar-refractivity contribution in [3.05, 3.63) is 96.2 Å². The van der Waals surface area contributed by atoms with Crippen LogP contribution < -0.4 is 19.6 Å². The molecule has 0 saturated carbocycles. The van der Waals surface area contributed by atoms with E-state index in [-0.39, 0.29) is 23.7 Å². The number of fused-ring (bicyclic) bond motifs is 1. The summed E-state index contributed by atoms with van der Waals surface area (Å²) in [7, 11) is 2.90. The second-order valence-corrected chi connectivity index (χ2v) is 9.97. The molecule has 0 spiro atoms. The average Bonchev–Trinajstić information content (AvgIpc) is 3.20. The maximum absolute atomic E-state index is 13.7. The molecule has 1 unspecified atom stereocenters. The number of carbonyl (C=O) groups excluding carboxylic acids is 2. The van der Waals surface area contributed by atoms with E-state index < -0.39 is 18.0 Å². The summed E-state index contributed by atoms with van der Waals surface area (Å²) in [6.07, 6.45) is 1.78. The highest BCUT2D eigenvalue weighted by Crippen LogP contribution is 2.31. The number of rotatable bonds is 7. The van der Waals surface area contributed by atoms with Crippen LogP contribution >= 0.6 is 11.3 Å². The number of ether oxygens (including phenoxy) is 3. The van der Waals surface area contributed by atoms with Gasteiger partial charge in [0.05, 0.1) is 48.2 Å². The Hall–Kier alpha value is -3.98. The lowest BCUT2D eigenvalue weighted by Crippen LogP contribution is -2.40. The summed E-state index contributed by atoms with van der Waals surface area (Å²) in [5.74, 6) is -0.182. The van der Waals surface area contributed by atoms with Crippen LogP contribution in [0.25, 0.3) is 6.08 Å². The summed E-state index contributed by atoms with van der Waals surface area (Å²) in [5.41, 5.74) is 2.29. The quantitative estimate of drug-likeness (QED) is 0.444. The number of nitrogens with zero attached hydrogens (tertiary/aromatic N) is 2. The number of hydrogen-bond donors (Lipinski definition) is 0. The van der Waals surface area contributed by atoms with E-state index in [1.807, 2.05) is 38.1 Å². The fraction of sp³-hybridized carbons (Fsp3) is 0.286. The van der Waals surface area contributed by atoms with Crippen LogP contribution in [0.3, 0.4) is 0 Å². The molecule has 37 heavy (non-hydrogen) atoms. The minimum Gasteiger partial charge on any atom is -0.497 e. The molecule has 1 aliphatic rings. The number of methoxy groups -OCH3 is 2. The normalized spacial score (nSPS) is 15.3. The Morgan fingerprint density at radius 3 is 2.49 bits per heavy atom. The highest BCUT2D eigenvalue weighted by atomic mass is 32.1. The number of hydrogen-bond acceptors (Lipinski definition) is 8. The molecule has 1 atom stereocenters. The second-order valence-electron chi connectivity index (χ2n) is 8.96. The molecule has 2 heterocycles. The molecular formula is C28H28N2O6S. The van der Waals surface area contributed by atoms with Crippen molar-refractivity contribution in [3.63, 3.8) is 0 Å². The Balaban J connectivity index is 1.89. The number of aromatic nitrogens is 1. The summed E-state index contributed by atoms with van der Waals surface area (Å²) in [6, 6.07) is 13.3. The van der Waals surface area contributed by atoms with Gasteiger partial charge in [-0.3, -0.25) is 9.36 Å². The standard InChI is InChI=1S/C28H28N2O6S/c1-16(2)15-36-27(33)23-17(3)29-28-30(24(23)19-9-11-20(12-10-19)26(32)35-5)25(31)22(37-28)14-18-7-6-8-21(13-18)34-4/h6-14,16,24H,15H2,1-5H3. The first-order valence-electron chi connectivity index (χ1n) is 11.8. The van der Waals surface area contributed by atoms with Gasteiger partial charge in [-0.05, 0) is 54.3 Å². The molecule has 0 bridgehead atoms. The van der Waals surface area contributed by atoms with Crippen LogP contribution in [0.5, 0.6) is 5.75 Å².